The number of fused-ring (bicyclic) bond motifs is 1. The number of carboxylic acids is 1. The van der Waals surface area contributed by atoms with Gasteiger partial charge in [0.1, 0.15) is 6.04 Å². The van der Waals surface area contributed by atoms with Crippen molar-refractivity contribution < 1.29 is 18.3 Å². The molecule has 1 aliphatic carbocycles. The highest BCUT2D eigenvalue weighted by atomic mass is 32.2. The third-order valence-corrected chi connectivity index (χ3v) is 7.36. The van der Waals surface area contributed by atoms with Gasteiger partial charge < -0.3 is 5.11 Å². The molecule has 3 atom stereocenters. The van der Waals surface area contributed by atoms with Crippen LogP contribution < -0.4 is 0 Å². The molecule has 1 aromatic rings. The van der Waals surface area contributed by atoms with E-state index in [1.54, 1.807) is 18.2 Å². The lowest BCUT2D eigenvalue weighted by atomic mass is 9.84. The summed E-state index contributed by atoms with van der Waals surface area (Å²) in [5.41, 5.74) is 0.848. The highest BCUT2D eigenvalue weighted by Crippen LogP contribution is 2.40. The Balaban J connectivity index is 1.86. The van der Waals surface area contributed by atoms with E-state index < -0.39 is 22.0 Å². The lowest BCUT2D eigenvalue weighted by molar-refractivity contribution is -0.142. The second-order valence-corrected chi connectivity index (χ2v) is 9.46. The van der Waals surface area contributed by atoms with Gasteiger partial charge in [-0.2, -0.15) is 0 Å². The standard InChI is InChI=1S/C18H26N2O4S/c1-19(2)25(23,24)15-8-5-6-13(10-15)12-20-16-9-4-3-7-14(16)11-17(20)18(21)22/h5-6,8,10,14,16-17H,3-4,7,9,11-12H2,1-2H3,(H,21,22)/t14-,16+,17-/m0/s1. The van der Waals surface area contributed by atoms with E-state index in [4.69, 9.17) is 0 Å². The Hall–Kier alpha value is -1.44. The molecule has 1 aliphatic heterocycles. The van der Waals surface area contributed by atoms with E-state index in [2.05, 4.69) is 4.90 Å². The molecule has 0 aromatic heterocycles. The van der Waals surface area contributed by atoms with Crippen molar-refractivity contribution in [3.05, 3.63) is 29.8 Å². The Morgan fingerprint density at radius 2 is 2.00 bits per heavy atom. The van der Waals surface area contributed by atoms with Crippen molar-refractivity contribution in [3.63, 3.8) is 0 Å². The average Bonchev–Trinajstić information content (AvgIpc) is 2.94. The maximum atomic E-state index is 12.3. The summed E-state index contributed by atoms with van der Waals surface area (Å²) in [6.07, 6.45) is 5.15. The van der Waals surface area contributed by atoms with Crippen molar-refractivity contribution in [3.8, 4) is 0 Å². The zero-order valence-corrected chi connectivity index (χ0v) is 15.6. The van der Waals surface area contributed by atoms with E-state index in [1.807, 2.05) is 6.07 Å². The van der Waals surface area contributed by atoms with E-state index in [0.717, 1.165) is 24.8 Å². The Kier molecular flexibility index (Phi) is 5.18. The Morgan fingerprint density at radius 3 is 2.68 bits per heavy atom. The van der Waals surface area contributed by atoms with Crippen molar-refractivity contribution in [2.24, 2.45) is 5.92 Å². The molecule has 1 aromatic carbocycles. The second-order valence-electron chi connectivity index (χ2n) is 7.31. The molecular formula is C18H26N2O4S. The summed E-state index contributed by atoms with van der Waals surface area (Å²) in [6.45, 7) is 0.481. The lowest BCUT2D eigenvalue weighted by Crippen LogP contribution is -2.41. The number of nitrogens with zero attached hydrogens (tertiary/aromatic N) is 2. The molecule has 1 saturated heterocycles. The van der Waals surface area contributed by atoms with Crippen molar-refractivity contribution in [2.45, 2.75) is 55.6 Å². The number of carboxylic acid groups (broad SMARTS) is 1. The first-order valence-corrected chi connectivity index (χ1v) is 10.2. The first-order chi connectivity index (χ1) is 11.8. The molecule has 0 spiro atoms. The molecule has 7 heteroatoms. The number of carbonyl (C=O) groups is 1. The Bertz CT molecular complexity index is 747. The van der Waals surface area contributed by atoms with E-state index in [1.165, 1.54) is 24.8 Å². The maximum Gasteiger partial charge on any atom is 0.320 e. The quantitative estimate of drug-likeness (QED) is 0.864. The van der Waals surface area contributed by atoms with Gasteiger partial charge in [0.2, 0.25) is 10.0 Å². The molecule has 1 heterocycles. The number of hydrogen-bond acceptors (Lipinski definition) is 4. The normalized spacial score (nSPS) is 27.4. The van der Waals surface area contributed by atoms with E-state index in [9.17, 15) is 18.3 Å². The van der Waals surface area contributed by atoms with Crippen LogP contribution in [-0.2, 0) is 21.4 Å². The molecule has 25 heavy (non-hydrogen) atoms. The molecule has 2 fully saturated rings. The average molecular weight is 366 g/mol. The van der Waals surface area contributed by atoms with E-state index in [0.29, 0.717) is 24.9 Å². The molecule has 6 nitrogen and oxygen atoms in total. The van der Waals surface area contributed by atoms with Crippen molar-refractivity contribution in [1.29, 1.82) is 0 Å². The van der Waals surface area contributed by atoms with Crippen LogP contribution in [0.3, 0.4) is 0 Å². The first kappa shape index (κ1) is 18.4. The molecule has 0 unspecified atom stereocenters. The fraction of sp³-hybridized carbons (Fsp3) is 0.611. The van der Waals surface area contributed by atoms with Crippen LogP contribution in [0.2, 0.25) is 0 Å². The van der Waals surface area contributed by atoms with Gasteiger partial charge in [-0.25, -0.2) is 12.7 Å². The van der Waals surface area contributed by atoms with Crippen LogP contribution in [0.15, 0.2) is 29.2 Å². The summed E-state index contributed by atoms with van der Waals surface area (Å²) in [7, 11) is -0.469. The topological polar surface area (TPSA) is 77.9 Å². The number of rotatable bonds is 5. The van der Waals surface area contributed by atoms with E-state index in [-0.39, 0.29) is 4.90 Å². The molecule has 0 amide bonds. The number of likely N-dealkylation sites (tertiary alicyclic amines) is 1. The first-order valence-electron chi connectivity index (χ1n) is 8.80. The summed E-state index contributed by atoms with van der Waals surface area (Å²) in [4.78, 5) is 14.0. The van der Waals surface area contributed by atoms with Crippen LogP contribution in [0.4, 0.5) is 0 Å². The summed E-state index contributed by atoms with van der Waals surface area (Å²) in [5.74, 6) is -0.324. The highest BCUT2D eigenvalue weighted by molar-refractivity contribution is 7.89. The largest absolute Gasteiger partial charge is 0.480 e. The van der Waals surface area contributed by atoms with Crippen LogP contribution in [0, 0.1) is 5.92 Å². The van der Waals surface area contributed by atoms with Gasteiger partial charge in [-0.05, 0) is 42.9 Å². The monoisotopic (exact) mass is 366 g/mol. The van der Waals surface area contributed by atoms with Gasteiger partial charge in [0.05, 0.1) is 4.90 Å². The number of benzene rings is 1. The smallest absolute Gasteiger partial charge is 0.320 e. The summed E-state index contributed by atoms with van der Waals surface area (Å²) in [6, 6.07) is 6.69. The minimum absolute atomic E-state index is 0.251. The van der Waals surface area contributed by atoms with Gasteiger partial charge in [0.15, 0.2) is 0 Å². The number of hydrogen-bond donors (Lipinski definition) is 1. The Labute approximate surface area is 149 Å². The van der Waals surface area contributed by atoms with Gasteiger partial charge in [0.25, 0.3) is 0 Å². The highest BCUT2D eigenvalue weighted by Gasteiger charge is 2.45. The van der Waals surface area contributed by atoms with Crippen LogP contribution in [0.1, 0.15) is 37.7 Å². The molecule has 138 valence electrons. The van der Waals surface area contributed by atoms with Gasteiger partial charge in [-0.1, -0.05) is 25.0 Å². The van der Waals surface area contributed by atoms with Crippen LogP contribution >= 0.6 is 0 Å². The third-order valence-electron chi connectivity index (χ3n) is 5.55. The summed E-state index contributed by atoms with van der Waals surface area (Å²) >= 11 is 0. The van der Waals surface area contributed by atoms with Crippen LogP contribution in [-0.4, -0.2) is 54.9 Å². The SMILES string of the molecule is CN(C)S(=O)(=O)c1cccc(CN2[C@@H]3CCCC[C@H]3C[C@H]2C(=O)O)c1. The molecule has 1 N–H and O–H groups in total. The third kappa shape index (κ3) is 3.59. The number of aliphatic carboxylic acids is 1. The maximum absolute atomic E-state index is 12.3. The van der Waals surface area contributed by atoms with E-state index >= 15 is 0 Å². The van der Waals surface area contributed by atoms with Gasteiger partial charge in [-0.15, -0.1) is 0 Å². The second kappa shape index (κ2) is 7.05. The molecular weight excluding hydrogens is 340 g/mol. The summed E-state index contributed by atoms with van der Waals surface area (Å²) < 4.78 is 25.9. The lowest BCUT2D eigenvalue weighted by Gasteiger charge is -2.33. The predicted molar refractivity (Wildman–Crippen MR) is 94.6 cm³/mol. The predicted octanol–water partition coefficient (Wildman–Crippen LogP) is 2.15. The minimum atomic E-state index is -3.49. The van der Waals surface area contributed by atoms with Gasteiger partial charge >= 0.3 is 5.97 Å². The molecule has 3 rings (SSSR count). The van der Waals surface area contributed by atoms with Crippen molar-refractivity contribution >= 4 is 16.0 Å². The fourth-order valence-corrected chi connectivity index (χ4v) is 5.22. The number of sulfonamides is 1. The van der Waals surface area contributed by atoms with Crippen molar-refractivity contribution in [1.82, 2.24) is 9.21 Å². The summed E-state index contributed by atoms with van der Waals surface area (Å²) in [5, 5.41) is 9.62. The molecule has 0 radical (unpaired) electrons. The van der Waals surface area contributed by atoms with Gasteiger partial charge in [-0.3, -0.25) is 9.69 Å². The molecule has 1 saturated carbocycles. The molecule has 0 bridgehead atoms. The Morgan fingerprint density at radius 1 is 1.28 bits per heavy atom. The molecule has 2 aliphatic rings. The van der Waals surface area contributed by atoms with Crippen LogP contribution in [0.5, 0.6) is 0 Å². The zero-order valence-electron chi connectivity index (χ0n) is 14.8. The zero-order chi connectivity index (χ0) is 18.2. The van der Waals surface area contributed by atoms with Gasteiger partial charge in [0, 0.05) is 26.7 Å². The fourth-order valence-electron chi connectivity index (χ4n) is 4.25. The van der Waals surface area contributed by atoms with Crippen molar-refractivity contribution in [2.75, 3.05) is 14.1 Å². The van der Waals surface area contributed by atoms with Crippen LogP contribution in [0.25, 0.3) is 0 Å². The minimum Gasteiger partial charge on any atom is -0.480 e.